The first-order chi connectivity index (χ1) is 17.8. The van der Waals surface area contributed by atoms with E-state index in [2.05, 4.69) is 4.98 Å². The molecule has 1 saturated heterocycles. The van der Waals surface area contributed by atoms with Crippen molar-refractivity contribution >= 4 is 22.8 Å². The van der Waals surface area contributed by atoms with Crippen molar-refractivity contribution < 1.29 is 23.5 Å². The molecule has 3 aromatic rings. The van der Waals surface area contributed by atoms with Crippen LogP contribution < -0.4 is 4.74 Å². The van der Waals surface area contributed by atoms with Crippen molar-refractivity contribution in [2.24, 2.45) is 18.9 Å². The fourth-order valence-electron chi connectivity index (χ4n) is 6.04. The van der Waals surface area contributed by atoms with Crippen molar-refractivity contribution in [3.05, 3.63) is 59.7 Å². The Morgan fingerprint density at radius 1 is 1.16 bits per heavy atom. The van der Waals surface area contributed by atoms with Gasteiger partial charge in [-0.3, -0.25) is 9.59 Å². The van der Waals surface area contributed by atoms with E-state index < -0.39 is 23.3 Å². The molecule has 2 unspecified atom stereocenters. The van der Waals surface area contributed by atoms with Crippen LogP contribution in [0.2, 0.25) is 0 Å². The highest BCUT2D eigenvalue weighted by Crippen LogP contribution is 2.45. The first kappa shape index (κ1) is 25.4. The highest BCUT2D eigenvalue weighted by molar-refractivity contribution is 6.02. The number of aryl methyl sites for hydroxylation is 2. The lowest BCUT2D eigenvalue weighted by Crippen LogP contribution is -2.52. The molecule has 1 aliphatic heterocycles. The van der Waals surface area contributed by atoms with Gasteiger partial charge in [-0.05, 0) is 75.3 Å². The van der Waals surface area contributed by atoms with Gasteiger partial charge in [0.15, 0.2) is 17.3 Å². The summed E-state index contributed by atoms with van der Waals surface area (Å²) in [5, 5.41) is 0. The normalized spacial score (nSPS) is 22.7. The number of para-hydroxylation sites is 2. The molecule has 37 heavy (non-hydrogen) atoms. The molecule has 6 nitrogen and oxygen atoms in total. The topological polar surface area (TPSA) is 70.4 Å². The second kappa shape index (κ2) is 10.3. The maximum atomic E-state index is 14.6. The molecule has 2 aromatic carbocycles. The van der Waals surface area contributed by atoms with E-state index in [-0.39, 0.29) is 36.4 Å². The maximum absolute atomic E-state index is 14.6. The molecule has 2 atom stereocenters. The van der Waals surface area contributed by atoms with E-state index in [9.17, 15) is 14.0 Å². The van der Waals surface area contributed by atoms with Gasteiger partial charge in [0, 0.05) is 19.9 Å². The molecule has 5 rings (SSSR count). The molecule has 0 spiro atoms. The zero-order valence-electron chi connectivity index (χ0n) is 21.8. The number of imidazole rings is 1. The number of carbonyl (C=O) groups is 2. The van der Waals surface area contributed by atoms with Crippen LogP contribution in [0.1, 0.15) is 63.8 Å². The number of Topliss-reactive ketones (excluding diaryl/α,β-unsaturated/α-hetero) is 1. The zero-order chi connectivity index (χ0) is 26.2. The second-order valence-electron chi connectivity index (χ2n) is 10.9. The van der Waals surface area contributed by atoms with Crippen LogP contribution in [-0.4, -0.2) is 33.0 Å². The minimum absolute atomic E-state index is 0.0814. The van der Waals surface area contributed by atoms with Crippen molar-refractivity contribution in [1.82, 2.24) is 9.55 Å². The molecule has 2 fully saturated rings. The lowest BCUT2D eigenvalue weighted by molar-refractivity contribution is -0.185. The van der Waals surface area contributed by atoms with Crippen molar-refractivity contribution in [3.8, 4) is 5.75 Å². The molecule has 0 amide bonds. The van der Waals surface area contributed by atoms with E-state index in [0.717, 1.165) is 42.3 Å². The van der Waals surface area contributed by atoms with Crippen LogP contribution in [0.5, 0.6) is 5.75 Å². The monoisotopic (exact) mass is 506 g/mol. The summed E-state index contributed by atoms with van der Waals surface area (Å²) in [7, 11) is 1.91. The fraction of sp³-hybridized carbons (Fsp3) is 0.500. The Morgan fingerprint density at radius 3 is 2.59 bits per heavy atom. The molecule has 196 valence electrons. The van der Waals surface area contributed by atoms with Gasteiger partial charge in [-0.2, -0.15) is 0 Å². The van der Waals surface area contributed by atoms with E-state index in [1.807, 2.05) is 55.8 Å². The molecule has 7 heteroatoms. The van der Waals surface area contributed by atoms with Gasteiger partial charge < -0.3 is 14.0 Å². The molecule has 1 aliphatic carbocycles. The quantitative estimate of drug-likeness (QED) is 0.288. The van der Waals surface area contributed by atoms with Gasteiger partial charge in [-0.1, -0.05) is 31.0 Å². The van der Waals surface area contributed by atoms with E-state index in [0.29, 0.717) is 18.7 Å². The van der Waals surface area contributed by atoms with Gasteiger partial charge in [0.25, 0.3) is 0 Å². The molecule has 1 saturated carbocycles. The Hall–Kier alpha value is -3.22. The van der Waals surface area contributed by atoms with E-state index in [1.165, 1.54) is 6.07 Å². The SMILES string of the molecule is CC(C)Oc1ccc(CCC2(C3CCCC3)CC(=O)C(Cc3nc4ccccc4n3C)C(=O)O2)cc1F. The summed E-state index contributed by atoms with van der Waals surface area (Å²) in [4.78, 5) is 31.5. The third kappa shape index (κ3) is 5.13. The number of cyclic esters (lactones) is 1. The van der Waals surface area contributed by atoms with Crippen molar-refractivity contribution in [3.63, 3.8) is 0 Å². The standard InChI is InChI=1S/C30H35FN2O4/c1-19(2)36-27-13-12-20(16-23(27)31)14-15-30(21-8-4-5-9-21)18-26(34)22(29(35)37-30)17-28-32-24-10-6-7-11-25(24)33(28)3/h6-7,10-13,16,19,21-22H,4-5,8-9,14-15,17-18H2,1-3H3. The second-order valence-corrected chi connectivity index (χ2v) is 10.9. The van der Waals surface area contributed by atoms with Gasteiger partial charge in [0.05, 0.1) is 17.1 Å². The number of rotatable bonds is 8. The average Bonchev–Trinajstić information content (AvgIpc) is 3.51. The Balaban J connectivity index is 1.34. The number of aromatic nitrogens is 2. The first-order valence-electron chi connectivity index (χ1n) is 13.4. The van der Waals surface area contributed by atoms with Crippen LogP contribution in [0.15, 0.2) is 42.5 Å². The lowest BCUT2D eigenvalue weighted by Gasteiger charge is -2.43. The van der Waals surface area contributed by atoms with E-state index >= 15 is 0 Å². The van der Waals surface area contributed by atoms with Crippen LogP contribution in [-0.2, 0) is 34.2 Å². The summed E-state index contributed by atoms with van der Waals surface area (Å²) in [6.07, 6.45) is 5.34. The number of fused-ring (bicyclic) bond motifs is 1. The van der Waals surface area contributed by atoms with Crippen LogP contribution in [0, 0.1) is 17.7 Å². The van der Waals surface area contributed by atoms with Gasteiger partial charge in [0.1, 0.15) is 17.3 Å². The van der Waals surface area contributed by atoms with E-state index in [4.69, 9.17) is 9.47 Å². The lowest BCUT2D eigenvalue weighted by atomic mass is 9.73. The van der Waals surface area contributed by atoms with Crippen LogP contribution >= 0.6 is 0 Å². The van der Waals surface area contributed by atoms with Crippen LogP contribution in [0.25, 0.3) is 11.0 Å². The van der Waals surface area contributed by atoms with Crippen molar-refractivity contribution in [2.75, 3.05) is 0 Å². The molecule has 0 radical (unpaired) electrons. The third-order valence-electron chi connectivity index (χ3n) is 8.01. The number of carbonyl (C=O) groups excluding carboxylic acids is 2. The fourth-order valence-corrected chi connectivity index (χ4v) is 6.04. The van der Waals surface area contributed by atoms with Gasteiger partial charge >= 0.3 is 5.97 Å². The summed E-state index contributed by atoms with van der Waals surface area (Å²) in [6, 6.07) is 12.8. The Bertz CT molecular complexity index is 1290. The molecule has 2 heterocycles. The number of hydrogen-bond acceptors (Lipinski definition) is 5. The van der Waals surface area contributed by atoms with Crippen molar-refractivity contribution in [2.45, 2.75) is 76.9 Å². The number of esters is 1. The van der Waals surface area contributed by atoms with E-state index in [1.54, 1.807) is 6.07 Å². The summed E-state index contributed by atoms with van der Waals surface area (Å²) in [5.74, 6) is -0.720. The highest BCUT2D eigenvalue weighted by atomic mass is 19.1. The van der Waals surface area contributed by atoms with Crippen LogP contribution in [0.4, 0.5) is 4.39 Å². The van der Waals surface area contributed by atoms with Crippen molar-refractivity contribution in [1.29, 1.82) is 0 Å². The predicted octanol–water partition coefficient (Wildman–Crippen LogP) is 5.74. The molecular formula is C30H35FN2O4. The minimum Gasteiger partial charge on any atom is -0.488 e. The molecule has 0 bridgehead atoms. The summed E-state index contributed by atoms with van der Waals surface area (Å²) < 4.78 is 28.3. The predicted molar refractivity (Wildman–Crippen MR) is 139 cm³/mol. The van der Waals surface area contributed by atoms with Gasteiger partial charge in [0.2, 0.25) is 0 Å². The van der Waals surface area contributed by atoms with Gasteiger partial charge in [-0.15, -0.1) is 0 Å². The van der Waals surface area contributed by atoms with Crippen LogP contribution in [0.3, 0.4) is 0 Å². The molecule has 0 N–H and O–H groups in total. The summed E-state index contributed by atoms with van der Waals surface area (Å²) in [5.41, 5.74) is 1.77. The highest BCUT2D eigenvalue weighted by Gasteiger charge is 2.51. The summed E-state index contributed by atoms with van der Waals surface area (Å²) >= 11 is 0. The zero-order valence-corrected chi connectivity index (χ0v) is 21.8. The minimum atomic E-state index is -0.852. The average molecular weight is 507 g/mol. The molecule has 1 aromatic heterocycles. The number of hydrogen-bond donors (Lipinski definition) is 0. The number of benzene rings is 2. The summed E-state index contributed by atoms with van der Waals surface area (Å²) in [6.45, 7) is 3.72. The Labute approximate surface area is 217 Å². The number of nitrogens with zero attached hydrogens (tertiary/aromatic N) is 2. The number of halogens is 1. The third-order valence-corrected chi connectivity index (χ3v) is 8.01. The maximum Gasteiger partial charge on any atom is 0.317 e. The van der Waals surface area contributed by atoms with Gasteiger partial charge in [-0.25, -0.2) is 9.37 Å². The number of ether oxygens (including phenoxy) is 2. The molecular weight excluding hydrogens is 471 g/mol. The smallest absolute Gasteiger partial charge is 0.317 e. The molecule has 2 aliphatic rings. The first-order valence-corrected chi connectivity index (χ1v) is 13.4. The largest absolute Gasteiger partial charge is 0.488 e. The Kier molecular flexibility index (Phi) is 7.06. The number of ketones is 1. The Morgan fingerprint density at radius 2 is 1.92 bits per heavy atom.